The van der Waals surface area contributed by atoms with Crippen molar-refractivity contribution in [3.63, 3.8) is 0 Å². The summed E-state index contributed by atoms with van der Waals surface area (Å²) < 4.78 is 0. The summed E-state index contributed by atoms with van der Waals surface area (Å²) in [6, 6.07) is 0. The molecule has 6 heteroatoms. The first-order valence-electron chi connectivity index (χ1n) is 6.23. The number of anilines is 1. The van der Waals surface area contributed by atoms with Crippen LogP contribution in [0.2, 0.25) is 0 Å². The van der Waals surface area contributed by atoms with E-state index < -0.39 is 0 Å². The van der Waals surface area contributed by atoms with E-state index in [1.54, 1.807) is 0 Å². The van der Waals surface area contributed by atoms with Gasteiger partial charge in [-0.15, -0.1) is 0 Å². The second kappa shape index (κ2) is 6.88. The number of nitrogens with one attached hydrogen (secondary N) is 2. The lowest BCUT2D eigenvalue weighted by molar-refractivity contribution is -0.124. The molecular weight excluding hydrogens is 230 g/mol. The SMILES string of the molecule is CCC(C)C(=O)NCCNc1nc(C)nc(C)n1. The predicted molar refractivity (Wildman–Crippen MR) is 70.3 cm³/mol. The summed E-state index contributed by atoms with van der Waals surface area (Å²) in [6.07, 6.45) is 0.852. The molecule has 1 rings (SSSR count). The van der Waals surface area contributed by atoms with Gasteiger partial charge in [0, 0.05) is 19.0 Å². The van der Waals surface area contributed by atoms with Gasteiger partial charge in [0.2, 0.25) is 11.9 Å². The lowest BCUT2D eigenvalue weighted by atomic mass is 10.1. The molecular formula is C12H21N5O. The average Bonchev–Trinajstić information content (AvgIpc) is 2.32. The Bertz CT molecular complexity index is 387. The zero-order valence-electron chi connectivity index (χ0n) is 11.4. The predicted octanol–water partition coefficient (Wildman–Crippen LogP) is 1.06. The van der Waals surface area contributed by atoms with E-state index in [0.29, 0.717) is 30.7 Å². The van der Waals surface area contributed by atoms with Crippen molar-refractivity contribution in [1.29, 1.82) is 0 Å². The largest absolute Gasteiger partial charge is 0.354 e. The van der Waals surface area contributed by atoms with Crippen molar-refractivity contribution in [2.45, 2.75) is 34.1 Å². The maximum atomic E-state index is 11.5. The fourth-order valence-electron chi connectivity index (χ4n) is 1.41. The number of carbonyl (C=O) groups is 1. The Balaban J connectivity index is 2.31. The topological polar surface area (TPSA) is 79.8 Å². The molecule has 0 saturated heterocycles. The number of nitrogens with zero attached hydrogens (tertiary/aromatic N) is 3. The number of aromatic nitrogens is 3. The van der Waals surface area contributed by atoms with Crippen LogP contribution in [0, 0.1) is 19.8 Å². The number of hydrogen-bond donors (Lipinski definition) is 2. The zero-order valence-corrected chi connectivity index (χ0v) is 11.4. The molecule has 1 heterocycles. The molecule has 18 heavy (non-hydrogen) atoms. The van der Waals surface area contributed by atoms with Crippen LogP contribution >= 0.6 is 0 Å². The Morgan fingerprint density at radius 2 is 1.78 bits per heavy atom. The van der Waals surface area contributed by atoms with Crippen LogP contribution < -0.4 is 10.6 Å². The van der Waals surface area contributed by atoms with Gasteiger partial charge in [0.05, 0.1) is 0 Å². The standard InChI is InChI=1S/C12H21N5O/c1-5-8(2)11(18)13-6-7-14-12-16-9(3)15-10(4)17-12/h8H,5-7H2,1-4H3,(H,13,18)(H,14,15,16,17). The molecule has 1 atom stereocenters. The van der Waals surface area contributed by atoms with E-state index in [0.717, 1.165) is 6.42 Å². The summed E-state index contributed by atoms with van der Waals surface area (Å²) >= 11 is 0. The van der Waals surface area contributed by atoms with Gasteiger partial charge in [-0.25, -0.2) is 4.98 Å². The van der Waals surface area contributed by atoms with Crippen LogP contribution in [0.5, 0.6) is 0 Å². The molecule has 100 valence electrons. The summed E-state index contributed by atoms with van der Waals surface area (Å²) in [4.78, 5) is 23.9. The van der Waals surface area contributed by atoms with E-state index in [2.05, 4.69) is 25.6 Å². The highest BCUT2D eigenvalue weighted by Crippen LogP contribution is 2.00. The molecule has 1 unspecified atom stereocenters. The van der Waals surface area contributed by atoms with E-state index in [4.69, 9.17) is 0 Å². The maximum Gasteiger partial charge on any atom is 0.226 e. The van der Waals surface area contributed by atoms with Crippen molar-refractivity contribution in [1.82, 2.24) is 20.3 Å². The normalized spacial score (nSPS) is 12.0. The molecule has 1 aromatic heterocycles. The van der Waals surface area contributed by atoms with Crippen LogP contribution in [0.1, 0.15) is 31.9 Å². The van der Waals surface area contributed by atoms with Crippen LogP contribution in [0.4, 0.5) is 5.95 Å². The lowest BCUT2D eigenvalue weighted by Crippen LogP contribution is -2.33. The number of carbonyl (C=O) groups excluding carboxylic acids is 1. The van der Waals surface area contributed by atoms with Crippen molar-refractivity contribution in [2.75, 3.05) is 18.4 Å². The number of amides is 1. The van der Waals surface area contributed by atoms with Crippen LogP contribution in [0.3, 0.4) is 0 Å². The Hall–Kier alpha value is -1.72. The van der Waals surface area contributed by atoms with E-state index in [1.807, 2.05) is 27.7 Å². The first-order chi connectivity index (χ1) is 8.52. The second-order valence-corrected chi connectivity index (χ2v) is 4.28. The van der Waals surface area contributed by atoms with Gasteiger partial charge in [-0.1, -0.05) is 13.8 Å². The third kappa shape index (κ3) is 4.65. The third-order valence-corrected chi connectivity index (χ3v) is 2.63. The second-order valence-electron chi connectivity index (χ2n) is 4.28. The van der Waals surface area contributed by atoms with E-state index in [1.165, 1.54) is 0 Å². The minimum absolute atomic E-state index is 0.0617. The third-order valence-electron chi connectivity index (χ3n) is 2.63. The summed E-state index contributed by atoms with van der Waals surface area (Å²) in [5.74, 6) is 2.08. The number of rotatable bonds is 6. The molecule has 0 saturated carbocycles. The fourth-order valence-corrected chi connectivity index (χ4v) is 1.41. The molecule has 0 aliphatic heterocycles. The Morgan fingerprint density at radius 3 is 2.33 bits per heavy atom. The minimum atomic E-state index is 0.0617. The quantitative estimate of drug-likeness (QED) is 0.739. The Morgan fingerprint density at radius 1 is 1.17 bits per heavy atom. The van der Waals surface area contributed by atoms with Gasteiger partial charge >= 0.3 is 0 Å². The minimum Gasteiger partial charge on any atom is -0.354 e. The highest BCUT2D eigenvalue weighted by atomic mass is 16.1. The van der Waals surface area contributed by atoms with Crippen molar-refractivity contribution < 1.29 is 4.79 Å². The van der Waals surface area contributed by atoms with Gasteiger partial charge in [0.25, 0.3) is 0 Å². The first-order valence-corrected chi connectivity index (χ1v) is 6.23. The first kappa shape index (κ1) is 14.3. The van der Waals surface area contributed by atoms with E-state index >= 15 is 0 Å². The fraction of sp³-hybridized carbons (Fsp3) is 0.667. The summed E-state index contributed by atoms with van der Waals surface area (Å²) in [6.45, 7) is 8.73. The molecule has 0 aromatic carbocycles. The number of aryl methyl sites for hydroxylation is 2. The molecule has 0 aliphatic rings. The van der Waals surface area contributed by atoms with Crippen molar-refractivity contribution in [3.05, 3.63) is 11.6 Å². The van der Waals surface area contributed by atoms with Gasteiger partial charge in [0.1, 0.15) is 11.6 Å². The van der Waals surface area contributed by atoms with Crippen molar-refractivity contribution >= 4 is 11.9 Å². The van der Waals surface area contributed by atoms with E-state index in [9.17, 15) is 4.79 Å². The highest BCUT2D eigenvalue weighted by Gasteiger charge is 2.08. The van der Waals surface area contributed by atoms with Crippen LogP contribution in [0.25, 0.3) is 0 Å². The van der Waals surface area contributed by atoms with Gasteiger partial charge < -0.3 is 10.6 Å². The summed E-state index contributed by atoms with van der Waals surface area (Å²) in [5, 5.41) is 5.92. The molecule has 2 N–H and O–H groups in total. The summed E-state index contributed by atoms with van der Waals surface area (Å²) in [5.41, 5.74) is 0. The average molecular weight is 251 g/mol. The maximum absolute atomic E-state index is 11.5. The Labute approximate surface area is 108 Å². The molecule has 0 fully saturated rings. The molecule has 1 amide bonds. The molecule has 0 bridgehead atoms. The molecule has 1 aromatic rings. The van der Waals surface area contributed by atoms with Gasteiger partial charge in [0.15, 0.2) is 0 Å². The zero-order chi connectivity index (χ0) is 13.5. The monoisotopic (exact) mass is 251 g/mol. The van der Waals surface area contributed by atoms with Crippen molar-refractivity contribution in [2.24, 2.45) is 5.92 Å². The molecule has 0 radical (unpaired) electrons. The Kier molecular flexibility index (Phi) is 5.48. The van der Waals surface area contributed by atoms with Gasteiger partial charge in [-0.05, 0) is 20.3 Å². The molecule has 6 nitrogen and oxygen atoms in total. The van der Waals surface area contributed by atoms with Gasteiger partial charge in [-0.2, -0.15) is 9.97 Å². The molecule has 0 spiro atoms. The lowest BCUT2D eigenvalue weighted by Gasteiger charge is -2.10. The number of hydrogen-bond acceptors (Lipinski definition) is 5. The highest BCUT2D eigenvalue weighted by molar-refractivity contribution is 5.78. The smallest absolute Gasteiger partial charge is 0.226 e. The molecule has 0 aliphatic carbocycles. The van der Waals surface area contributed by atoms with Crippen LogP contribution in [0.15, 0.2) is 0 Å². The van der Waals surface area contributed by atoms with Crippen LogP contribution in [-0.2, 0) is 4.79 Å². The van der Waals surface area contributed by atoms with E-state index in [-0.39, 0.29) is 11.8 Å². The van der Waals surface area contributed by atoms with Gasteiger partial charge in [-0.3, -0.25) is 4.79 Å². The van der Waals surface area contributed by atoms with Crippen molar-refractivity contribution in [3.8, 4) is 0 Å². The summed E-state index contributed by atoms with van der Waals surface area (Å²) in [7, 11) is 0. The van der Waals surface area contributed by atoms with Crippen LogP contribution in [-0.4, -0.2) is 33.9 Å².